The van der Waals surface area contributed by atoms with Crippen molar-refractivity contribution in [3.8, 4) is 12.3 Å². The second-order valence-corrected chi connectivity index (χ2v) is 4.96. The first kappa shape index (κ1) is 9.65. The molecule has 0 bridgehead atoms. The topological polar surface area (TPSA) is 0 Å². The van der Waals surface area contributed by atoms with Crippen LogP contribution in [0.4, 0.5) is 0 Å². The van der Waals surface area contributed by atoms with Crippen LogP contribution >= 0.6 is 0 Å². The molecule has 0 radical (unpaired) electrons. The molecule has 0 heteroatoms. The lowest BCUT2D eigenvalue weighted by Gasteiger charge is -2.35. The third-order valence-corrected chi connectivity index (χ3v) is 3.35. The average Bonchev–Trinajstić information content (AvgIpc) is 2.03. The number of terminal acetylenes is 1. The first-order valence-corrected chi connectivity index (χ1v) is 5.01. The van der Waals surface area contributed by atoms with E-state index in [0.717, 1.165) is 5.92 Å². The zero-order chi connectivity index (χ0) is 9.19. The largest absolute Gasteiger partial charge is 0.120 e. The molecular weight excluding hydrogens is 144 g/mol. The molecule has 1 rings (SSSR count). The van der Waals surface area contributed by atoms with Gasteiger partial charge >= 0.3 is 0 Å². The summed E-state index contributed by atoms with van der Waals surface area (Å²) in [5.41, 5.74) is 0.574. The summed E-state index contributed by atoms with van der Waals surface area (Å²) >= 11 is 0. The second kappa shape index (κ2) is 3.52. The minimum absolute atomic E-state index is 0.487. The Hall–Kier alpha value is -0.440. The molecule has 1 aliphatic carbocycles. The molecule has 1 aliphatic rings. The number of rotatable bonds is 1. The van der Waals surface area contributed by atoms with E-state index < -0.39 is 0 Å². The fraction of sp³-hybridized carbons (Fsp3) is 0.833. The maximum atomic E-state index is 5.42. The van der Waals surface area contributed by atoms with E-state index in [9.17, 15) is 0 Å². The molecule has 0 aromatic carbocycles. The van der Waals surface area contributed by atoms with Gasteiger partial charge in [0.05, 0.1) is 0 Å². The van der Waals surface area contributed by atoms with Gasteiger partial charge in [-0.2, -0.15) is 0 Å². The van der Waals surface area contributed by atoms with Crippen LogP contribution in [0.25, 0.3) is 0 Å². The van der Waals surface area contributed by atoms with Gasteiger partial charge in [0.2, 0.25) is 0 Å². The van der Waals surface area contributed by atoms with E-state index >= 15 is 0 Å². The monoisotopic (exact) mass is 164 g/mol. The van der Waals surface area contributed by atoms with Crippen LogP contribution in [-0.4, -0.2) is 0 Å². The van der Waals surface area contributed by atoms with Crippen molar-refractivity contribution >= 4 is 0 Å². The molecule has 0 aromatic rings. The third-order valence-electron chi connectivity index (χ3n) is 3.35. The Morgan fingerprint density at radius 1 is 1.33 bits per heavy atom. The lowest BCUT2D eigenvalue weighted by Crippen LogP contribution is -2.24. The van der Waals surface area contributed by atoms with Gasteiger partial charge in [0.1, 0.15) is 0 Å². The third kappa shape index (κ3) is 2.27. The Morgan fingerprint density at radius 3 is 2.25 bits per heavy atom. The number of hydrogen-bond donors (Lipinski definition) is 0. The van der Waals surface area contributed by atoms with Crippen molar-refractivity contribution < 1.29 is 0 Å². The van der Waals surface area contributed by atoms with Gasteiger partial charge in [0, 0.05) is 5.92 Å². The molecule has 0 spiro atoms. The Kier molecular flexibility index (Phi) is 2.83. The Morgan fingerprint density at radius 2 is 1.83 bits per heavy atom. The van der Waals surface area contributed by atoms with E-state index in [2.05, 4.69) is 26.7 Å². The highest BCUT2D eigenvalue weighted by molar-refractivity contribution is 4.95. The van der Waals surface area contributed by atoms with Crippen molar-refractivity contribution in [3.05, 3.63) is 0 Å². The molecule has 0 saturated heterocycles. The van der Waals surface area contributed by atoms with Gasteiger partial charge in [-0.05, 0) is 37.0 Å². The van der Waals surface area contributed by atoms with Crippen molar-refractivity contribution in [2.24, 2.45) is 17.3 Å². The van der Waals surface area contributed by atoms with Crippen molar-refractivity contribution in [1.82, 2.24) is 0 Å². The van der Waals surface area contributed by atoms with Crippen LogP contribution in [0.3, 0.4) is 0 Å². The van der Waals surface area contributed by atoms with Gasteiger partial charge in [0.15, 0.2) is 0 Å². The van der Waals surface area contributed by atoms with Gasteiger partial charge < -0.3 is 0 Å². The SMILES string of the molecule is C#CC(C)C1CCC(C)(C)CC1. The van der Waals surface area contributed by atoms with E-state index in [1.807, 2.05) is 0 Å². The fourth-order valence-electron chi connectivity index (χ4n) is 2.06. The van der Waals surface area contributed by atoms with Crippen LogP contribution in [0.5, 0.6) is 0 Å². The average molecular weight is 164 g/mol. The Balaban J connectivity index is 2.42. The minimum Gasteiger partial charge on any atom is -0.120 e. The van der Waals surface area contributed by atoms with E-state index in [-0.39, 0.29) is 0 Å². The zero-order valence-corrected chi connectivity index (χ0v) is 8.56. The molecule has 68 valence electrons. The second-order valence-electron chi connectivity index (χ2n) is 4.96. The van der Waals surface area contributed by atoms with Crippen LogP contribution in [0, 0.1) is 29.6 Å². The lowest BCUT2D eigenvalue weighted by atomic mass is 9.70. The first-order chi connectivity index (χ1) is 5.55. The van der Waals surface area contributed by atoms with Gasteiger partial charge in [-0.15, -0.1) is 12.3 Å². The maximum Gasteiger partial charge on any atom is 0.0200 e. The highest BCUT2D eigenvalue weighted by Crippen LogP contribution is 2.40. The summed E-state index contributed by atoms with van der Waals surface area (Å²) in [5, 5.41) is 0. The molecule has 0 heterocycles. The van der Waals surface area contributed by atoms with Gasteiger partial charge in [-0.3, -0.25) is 0 Å². The smallest absolute Gasteiger partial charge is 0.0200 e. The molecule has 0 N–H and O–H groups in total. The van der Waals surface area contributed by atoms with E-state index in [4.69, 9.17) is 6.42 Å². The summed E-state index contributed by atoms with van der Waals surface area (Å²) in [7, 11) is 0. The van der Waals surface area contributed by atoms with Crippen molar-refractivity contribution in [2.45, 2.75) is 46.5 Å². The van der Waals surface area contributed by atoms with Gasteiger partial charge in [0.25, 0.3) is 0 Å². The normalized spacial score (nSPS) is 26.2. The van der Waals surface area contributed by atoms with E-state index in [1.54, 1.807) is 0 Å². The summed E-state index contributed by atoms with van der Waals surface area (Å²) in [6.07, 6.45) is 10.8. The molecule has 0 aromatic heterocycles. The minimum atomic E-state index is 0.487. The molecule has 1 atom stereocenters. The molecule has 1 unspecified atom stereocenters. The molecule has 12 heavy (non-hydrogen) atoms. The molecule has 1 saturated carbocycles. The van der Waals surface area contributed by atoms with Crippen LogP contribution in [0.2, 0.25) is 0 Å². The predicted octanol–water partition coefficient (Wildman–Crippen LogP) is 3.47. The van der Waals surface area contributed by atoms with Crippen molar-refractivity contribution in [3.63, 3.8) is 0 Å². The molecule has 0 nitrogen and oxygen atoms in total. The van der Waals surface area contributed by atoms with E-state index in [0.29, 0.717) is 11.3 Å². The molecule has 1 fully saturated rings. The van der Waals surface area contributed by atoms with Crippen LogP contribution in [0.15, 0.2) is 0 Å². The summed E-state index contributed by atoms with van der Waals surface area (Å²) in [6, 6.07) is 0. The van der Waals surface area contributed by atoms with Crippen LogP contribution in [0.1, 0.15) is 46.5 Å². The van der Waals surface area contributed by atoms with Crippen LogP contribution < -0.4 is 0 Å². The van der Waals surface area contributed by atoms with E-state index in [1.165, 1.54) is 25.7 Å². The molecular formula is C12H20. The lowest BCUT2D eigenvalue weighted by molar-refractivity contribution is 0.172. The summed E-state index contributed by atoms with van der Waals surface area (Å²) in [4.78, 5) is 0. The number of hydrogen-bond acceptors (Lipinski definition) is 0. The predicted molar refractivity (Wildman–Crippen MR) is 53.7 cm³/mol. The maximum absolute atomic E-state index is 5.42. The summed E-state index contributed by atoms with van der Waals surface area (Å²) in [6.45, 7) is 6.91. The quantitative estimate of drug-likeness (QED) is 0.520. The molecule has 0 amide bonds. The van der Waals surface area contributed by atoms with Gasteiger partial charge in [-0.25, -0.2) is 0 Å². The standard InChI is InChI=1S/C12H20/c1-5-10(2)11-6-8-12(3,4)9-7-11/h1,10-11H,6-9H2,2-4H3. The first-order valence-electron chi connectivity index (χ1n) is 5.01. The fourth-order valence-corrected chi connectivity index (χ4v) is 2.06. The summed E-state index contributed by atoms with van der Waals surface area (Å²) in [5.74, 6) is 4.14. The van der Waals surface area contributed by atoms with Crippen molar-refractivity contribution in [1.29, 1.82) is 0 Å². The zero-order valence-electron chi connectivity index (χ0n) is 8.56. The van der Waals surface area contributed by atoms with Gasteiger partial charge in [-0.1, -0.05) is 20.8 Å². The molecule has 0 aliphatic heterocycles. The Bertz CT molecular complexity index is 173. The Labute approximate surface area is 76.7 Å². The summed E-state index contributed by atoms with van der Waals surface area (Å²) < 4.78 is 0. The van der Waals surface area contributed by atoms with Crippen LogP contribution in [-0.2, 0) is 0 Å². The van der Waals surface area contributed by atoms with Crippen molar-refractivity contribution in [2.75, 3.05) is 0 Å². The highest BCUT2D eigenvalue weighted by Gasteiger charge is 2.28. The highest BCUT2D eigenvalue weighted by atomic mass is 14.3.